The fourth-order valence-electron chi connectivity index (χ4n) is 2.44. The van der Waals surface area contributed by atoms with Gasteiger partial charge >= 0.3 is 0 Å². The van der Waals surface area contributed by atoms with E-state index in [0.717, 1.165) is 30.7 Å². The topological polar surface area (TPSA) is 50.4 Å². The van der Waals surface area contributed by atoms with Gasteiger partial charge in [-0.25, -0.2) is 0 Å². The van der Waals surface area contributed by atoms with Crippen LogP contribution in [0.2, 0.25) is 0 Å². The van der Waals surface area contributed by atoms with Gasteiger partial charge in [-0.15, -0.1) is 0 Å². The molecule has 1 aromatic rings. The first kappa shape index (κ1) is 13.9. The molecule has 1 amide bonds. The quantitative estimate of drug-likeness (QED) is 0.872. The zero-order valence-electron chi connectivity index (χ0n) is 11.8. The minimum atomic E-state index is -0.423. The molecule has 0 bridgehead atoms. The van der Waals surface area contributed by atoms with Crippen LogP contribution < -0.4 is 15.4 Å². The Morgan fingerprint density at radius 3 is 2.95 bits per heavy atom. The number of hydrogen-bond acceptors (Lipinski definition) is 3. The molecule has 1 aliphatic heterocycles. The molecule has 1 aliphatic rings. The van der Waals surface area contributed by atoms with Gasteiger partial charge in [0.2, 0.25) is 5.91 Å². The second kappa shape index (κ2) is 5.61. The fraction of sp³-hybridized carbons (Fsp3) is 0.533. The van der Waals surface area contributed by atoms with Gasteiger partial charge in [0, 0.05) is 0 Å². The minimum Gasteiger partial charge on any atom is -0.497 e. The molecule has 1 aromatic carbocycles. The molecule has 2 rings (SSSR count). The normalized spacial score (nSPS) is 23.9. The van der Waals surface area contributed by atoms with Crippen molar-refractivity contribution in [3.63, 3.8) is 0 Å². The summed E-state index contributed by atoms with van der Waals surface area (Å²) in [6.07, 6.45) is 1.95. The largest absolute Gasteiger partial charge is 0.497 e. The SMILES string of the molecule is COc1cccc([C@H](C)NC(=O)C2(C)CCCN2)c1. The van der Waals surface area contributed by atoms with Crippen LogP contribution in [0, 0.1) is 0 Å². The number of rotatable bonds is 4. The Balaban J connectivity index is 2.03. The lowest BCUT2D eigenvalue weighted by molar-refractivity contribution is -0.127. The van der Waals surface area contributed by atoms with Gasteiger partial charge in [-0.1, -0.05) is 12.1 Å². The Kier molecular flexibility index (Phi) is 4.10. The van der Waals surface area contributed by atoms with Crippen LogP contribution in [0.5, 0.6) is 5.75 Å². The maximum atomic E-state index is 12.3. The number of amides is 1. The molecule has 104 valence electrons. The van der Waals surface area contributed by atoms with Gasteiger partial charge in [0.15, 0.2) is 0 Å². The highest BCUT2D eigenvalue weighted by atomic mass is 16.5. The molecule has 0 aromatic heterocycles. The average molecular weight is 262 g/mol. The summed E-state index contributed by atoms with van der Waals surface area (Å²) in [7, 11) is 1.64. The third-order valence-corrected chi connectivity index (χ3v) is 3.81. The number of ether oxygens (including phenoxy) is 1. The van der Waals surface area contributed by atoms with Gasteiger partial charge in [-0.2, -0.15) is 0 Å². The molecule has 1 unspecified atom stereocenters. The Labute approximate surface area is 114 Å². The highest BCUT2D eigenvalue weighted by molar-refractivity contribution is 5.86. The second-order valence-corrected chi connectivity index (χ2v) is 5.33. The van der Waals surface area contributed by atoms with Gasteiger partial charge in [-0.05, 0) is 50.9 Å². The van der Waals surface area contributed by atoms with E-state index >= 15 is 0 Å². The molecule has 4 heteroatoms. The first-order chi connectivity index (χ1) is 9.05. The van der Waals surface area contributed by atoms with Gasteiger partial charge in [0.05, 0.1) is 18.7 Å². The molecule has 1 heterocycles. The zero-order valence-corrected chi connectivity index (χ0v) is 11.8. The summed E-state index contributed by atoms with van der Waals surface area (Å²) < 4.78 is 5.20. The van der Waals surface area contributed by atoms with Crippen molar-refractivity contribution in [2.45, 2.75) is 38.3 Å². The Bertz CT molecular complexity index is 453. The summed E-state index contributed by atoms with van der Waals surface area (Å²) in [5, 5.41) is 6.35. The Morgan fingerprint density at radius 2 is 2.32 bits per heavy atom. The van der Waals surface area contributed by atoms with Gasteiger partial charge in [0.25, 0.3) is 0 Å². The van der Waals surface area contributed by atoms with Crippen LogP contribution in [0.25, 0.3) is 0 Å². The molecule has 0 radical (unpaired) electrons. The summed E-state index contributed by atoms with van der Waals surface area (Å²) in [5.74, 6) is 0.879. The molecule has 19 heavy (non-hydrogen) atoms. The highest BCUT2D eigenvalue weighted by Crippen LogP contribution is 2.22. The van der Waals surface area contributed by atoms with E-state index in [4.69, 9.17) is 4.74 Å². The van der Waals surface area contributed by atoms with Crippen molar-refractivity contribution in [2.24, 2.45) is 0 Å². The lowest BCUT2D eigenvalue weighted by Gasteiger charge is -2.26. The van der Waals surface area contributed by atoms with Crippen LogP contribution in [0.3, 0.4) is 0 Å². The maximum Gasteiger partial charge on any atom is 0.240 e. The van der Waals surface area contributed by atoms with Crippen molar-refractivity contribution in [3.8, 4) is 5.75 Å². The van der Waals surface area contributed by atoms with Crippen LogP contribution in [-0.2, 0) is 4.79 Å². The van der Waals surface area contributed by atoms with Gasteiger partial charge in [0.1, 0.15) is 5.75 Å². The highest BCUT2D eigenvalue weighted by Gasteiger charge is 2.36. The van der Waals surface area contributed by atoms with Crippen LogP contribution in [-0.4, -0.2) is 25.1 Å². The molecular weight excluding hydrogens is 240 g/mol. The number of methoxy groups -OCH3 is 1. The molecule has 0 aliphatic carbocycles. The number of nitrogens with one attached hydrogen (secondary N) is 2. The molecule has 1 fully saturated rings. The van der Waals surface area contributed by atoms with Crippen molar-refractivity contribution in [3.05, 3.63) is 29.8 Å². The number of benzene rings is 1. The summed E-state index contributed by atoms with van der Waals surface area (Å²) in [4.78, 5) is 12.3. The van der Waals surface area contributed by atoms with E-state index in [1.807, 2.05) is 38.1 Å². The summed E-state index contributed by atoms with van der Waals surface area (Å²) in [6, 6.07) is 7.76. The lowest BCUT2D eigenvalue weighted by atomic mass is 9.98. The summed E-state index contributed by atoms with van der Waals surface area (Å²) in [5.41, 5.74) is 0.627. The molecule has 2 atom stereocenters. The molecule has 0 saturated carbocycles. The van der Waals surface area contributed by atoms with Gasteiger partial charge < -0.3 is 15.4 Å². The standard InChI is InChI=1S/C15H22N2O2/c1-11(12-6-4-7-13(10-12)19-3)17-14(18)15(2)8-5-9-16-15/h4,6-7,10-11,16H,5,8-9H2,1-3H3,(H,17,18)/t11-,15?/m0/s1. The molecular formula is C15H22N2O2. The van der Waals surface area contributed by atoms with Crippen LogP contribution >= 0.6 is 0 Å². The second-order valence-electron chi connectivity index (χ2n) is 5.33. The predicted molar refractivity (Wildman–Crippen MR) is 75.2 cm³/mol. The Hall–Kier alpha value is -1.55. The van der Waals surface area contributed by atoms with Crippen LogP contribution in [0.4, 0.5) is 0 Å². The Morgan fingerprint density at radius 1 is 1.53 bits per heavy atom. The molecule has 2 N–H and O–H groups in total. The monoisotopic (exact) mass is 262 g/mol. The van der Waals surface area contributed by atoms with Crippen molar-refractivity contribution < 1.29 is 9.53 Å². The smallest absolute Gasteiger partial charge is 0.240 e. The van der Waals surface area contributed by atoms with Crippen molar-refractivity contribution in [1.82, 2.24) is 10.6 Å². The number of hydrogen-bond donors (Lipinski definition) is 2. The first-order valence-corrected chi connectivity index (χ1v) is 6.75. The fourth-order valence-corrected chi connectivity index (χ4v) is 2.44. The predicted octanol–water partition coefficient (Wildman–Crippen LogP) is 2.01. The van der Waals surface area contributed by atoms with Crippen molar-refractivity contribution in [2.75, 3.05) is 13.7 Å². The van der Waals surface area contributed by atoms with E-state index in [1.54, 1.807) is 7.11 Å². The molecule has 0 spiro atoms. The van der Waals surface area contributed by atoms with Crippen LogP contribution in [0.15, 0.2) is 24.3 Å². The molecule has 1 saturated heterocycles. The summed E-state index contributed by atoms with van der Waals surface area (Å²) >= 11 is 0. The van der Waals surface area contributed by atoms with E-state index in [9.17, 15) is 4.79 Å². The van der Waals surface area contributed by atoms with E-state index in [0.29, 0.717) is 0 Å². The average Bonchev–Trinajstić information content (AvgIpc) is 2.87. The van der Waals surface area contributed by atoms with Crippen LogP contribution in [0.1, 0.15) is 38.3 Å². The van der Waals surface area contributed by atoms with E-state index in [2.05, 4.69) is 10.6 Å². The van der Waals surface area contributed by atoms with E-state index in [1.165, 1.54) is 0 Å². The molecule has 4 nitrogen and oxygen atoms in total. The minimum absolute atomic E-state index is 0.0261. The van der Waals surface area contributed by atoms with Crippen molar-refractivity contribution >= 4 is 5.91 Å². The number of carbonyl (C=O) groups is 1. The summed E-state index contributed by atoms with van der Waals surface area (Å²) in [6.45, 7) is 4.87. The van der Waals surface area contributed by atoms with Gasteiger partial charge in [-0.3, -0.25) is 4.79 Å². The van der Waals surface area contributed by atoms with Crippen molar-refractivity contribution in [1.29, 1.82) is 0 Å². The maximum absolute atomic E-state index is 12.3. The zero-order chi connectivity index (χ0) is 13.9. The third-order valence-electron chi connectivity index (χ3n) is 3.81. The third kappa shape index (κ3) is 3.07. The van der Waals surface area contributed by atoms with E-state index < -0.39 is 5.54 Å². The number of carbonyl (C=O) groups excluding carboxylic acids is 1. The lowest BCUT2D eigenvalue weighted by Crippen LogP contribution is -2.51. The van der Waals surface area contributed by atoms with E-state index in [-0.39, 0.29) is 11.9 Å². The first-order valence-electron chi connectivity index (χ1n) is 6.75.